The maximum Gasteiger partial charge on any atom is 0.306 e. The Morgan fingerprint density at radius 2 is 0.481 bits per heavy atom. The Bertz CT molecular complexity index is 1490. The summed E-state index contributed by atoms with van der Waals surface area (Å²) in [7, 11) is 0. The number of rotatable bonds is 65. The highest BCUT2D eigenvalue weighted by Crippen LogP contribution is 2.18. The molecular formula is C75H134O6. The molecule has 0 spiro atoms. The second-order valence-corrected chi connectivity index (χ2v) is 23.8. The fourth-order valence-corrected chi connectivity index (χ4v) is 10.4. The normalized spacial score (nSPS) is 12.5. The Morgan fingerprint density at radius 1 is 0.259 bits per heavy atom. The lowest BCUT2D eigenvalue weighted by molar-refractivity contribution is -0.167. The summed E-state index contributed by atoms with van der Waals surface area (Å²) in [6.45, 7) is 6.57. The predicted octanol–water partition coefficient (Wildman–Crippen LogP) is 24.4. The largest absolute Gasteiger partial charge is 0.462 e. The predicted molar refractivity (Wildman–Crippen MR) is 353 cm³/mol. The highest BCUT2D eigenvalue weighted by Gasteiger charge is 2.19. The molecule has 470 valence electrons. The first-order chi connectivity index (χ1) is 40.0. The van der Waals surface area contributed by atoms with Crippen molar-refractivity contribution in [1.29, 1.82) is 0 Å². The average molecular weight is 1130 g/mol. The number of unbranched alkanes of at least 4 members (excludes halogenated alkanes) is 42. The molecule has 0 fully saturated rings. The molecule has 6 heteroatoms. The second kappa shape index (κ2) is 69.3. The van der Waals surface area contributed by atoms with Crippen molar-refractivity contribution in [2.24, 2.45) is 0 Å². The summed E-state index contributed by atoms with van der Waals surface area (Å²) in [5.74, 6) is -0.853. The van der Waals surface area contributed by atoms with Crippen LogP contribution in [0.4, 0.5) is 0 Å². The lowest BCUT2D eigenvalue weighted by atomic mass is 10.0. The summed E-state index contributed by atoms with van der Waals surface area (Å²) in [5.41, 5.74) is 0. The summed E-state index contributed by atoms with van der Waals surface area (Å²) in [5, 5.41) is 0. The van der Waals surface area contributed by atoms with Gasteiger partial charge in [-0.3, -0.25) is 14.4 Å². The van der Waals surface area contributed by atoms with Gasteiger partial charge in [-0.25, -0.2) is 0 Å². The van der Waals surface area contributed by atoms with Crippen molar-refractivity contribution in [2.45, 2.75) is 374 Å². The Labute approximate surface area is 503 Å². The molecule has 0 amide bonds. The van der Waals surface area contributed by atoms with Crippen molar-refractivity contribution in [2.75, 3.05) is 13.2 Å². The number of hydrogen-bond donors (Lipinski definition) is 0. The third kappa shape index (κ3) is 67.5. The molecule has 0 aromatic heterocycles. The minimum Gasteiger partial charge on any atom is -0.462 e. The first-order valence-electron chi connectivity index (χ1n) is 35.4. The Kier molecular flexibility index (Phi) is 66.6. The first kappa shape index (κ1) is 77.9. The summed E-state index contributed by atoms with van der Waals surface area (Å²) in [6, 6.07) is 0. The van der Waals surface area contributed by atoms with Crippen molar-refractivity contribution < 1.29 is 28.6 Å². The monoisotopic (exact) mass is 1130 g/mol. The third-order valence-corrected chi connectivity index (χ3v) is 15.7. The van der Waals surface area contributed by atoms with E-state index in [1.165, 1.54) is 238 Å². The van der Waals surface area contributed by atoms with Gasteiger partial charge in [0.15, 0.2) is 6.10 Å². The molecule has 0 heterocycles. The Balaban J connectivity index is 4.29. The van der Waals surface area contributed by atoms with E-state index < -0.39 is 6.10 Å². The van der Waals surface area contributed by atoms with E-state index >= 15 is 0 Å². The lowest BCUT2D eigenvalue weighted by Gasteiger charge is -2.18. The van der Waals surface area contributed by atoms with E-state index in [4.69, 9.17) is 14.2 Å². The van der Waals surface area contributed by atoms with Gasteiger partial charge in [0, 0.05) is 19.3 Å². The smallest absolute Gasteiger partial charge is 0.306 e. The van der Waals surface area contributed by atoms with Gasteiger partial charge in [-0.15, -0.1) is 0 Å². The van der Waals surface area contributed by atoms with E-state index in [1.54, 1.807) is 0 Å². The molecule has 1 atom stereocenters. The van der Waals surface area contributed by atoms with Crippen LogP contribution in [0.1, 0.15) is 367 Å². The van der Waals surface area contributed by atoms with Gasteiger partial charge in [-0.05, 0) is 89.9 Å². The molecule has 0 N–H and O–H groups in total. The van der Waals surface area contributed by atoms with Gasteiger partial charge in [0.25, 0.3) is 0 Å². The van der Waals surface area contributed by atoms with Crippen LogP contribution in [0.5, 0.6) is 0 Å². The summed E-state index contributed by atoms with van der Waals surface area (Å²) in [6.07, 6.45) is 90.6. The van der Waals surface area contributed by atoms with Crippen molar-refractivity contribution in [3.8, 4) is 0 Å². The molecule has 0 saturated carbocycles. The molecule has 0 bridgehead atoms. The molecule has 0 aromatic rings. The van der Waals surface area contributed by atoms with Crippen LogP contribution in [-0.4, -0.2) is 37.2 Å². The van der Waals surface area contributed by atoms with Gasteiger partial charge in [0.2, 0.25) is 0 Å². The maximum atomic E-state index is 13.0. The van der Waals surface area contributed by atoms with Crippen LogP contribution in [-0.2, 0) is 28.6 Å². The Hall–Kier alpha value is -3.15. The van der Waals surface area contributed by atoms with Crippen molar-refractivity contribution in [1.82, 2.24) is 0 Å². The van der Waals surface area contributed by atoms with E-state index in [-0.39, 0.29) is 31.1 Å². The topological polar surface area (TPSA) is 78.9 Å². The van der Waals surface area contributed by atoms with Gasteiger partial charge >= 0.3 is 17.9 Å². The number of allylic oxidation sites excluding steroid dienone is 12. The van der Waals surface area contributed by atoms with Crippen molar-refractivity contribution in [3.05, 3.63) is 72.9 Å². The lowest BCUT2D eigenvalue weighted by Crippen LogP contribution is -2.30. The highest BCUT2D eigenvalue weighted by molar-refractivity contribution is 5.71. The number of carbonyl (C=O) groups excluding carboxylic acids is 3. The molecule has 0 saturated heterocycles. The first-order valence-corrected chi connectivity index (χ1v) is 35.4. The molecule has 0 aliphatic heterocycles. The van der Waals surface area contributed by atoms with E-state index in [1.807, 2.05) is 0 Å². The van der Waals surface area contributed by atoms with E-state index in [9.17, 15) is 14.4 Å². The highest BCUT2D eigenvalue weighted by atomic mass is 16.6. The summed E-state index contributed by atoms with van der Waals surface area (Å²) in [4.78, 5) is 38.5. The van der Waals surface area contributed by atoms with Gasteiger partial charge in [-0.1, -0.05) is 331 Å². The third-order valence-electron chi connectivity index (χ3n) is 15.7. The molecule has 0 aromatic carbocycles. The zero-order valence-corrected chi connectivity index (χ0v) is 54.1. The molecule has 0 aliphatic rings. The van der Waals surface area contributed by atoms with Crippen molar-refractivity contribution in [3.63, 3.8) is 0 Å². The molecule has 81 heavy (non-hydrogen) atoms. The number of hydrogen-bond acceptors (Lipinski definition) is 6. The standard InChI is InChI=1S/C75H134O6/c1-4-7-10-13-16-19-22-25-28-30-32-34-35-36-37-38-39-41-42-44-47-50-53-56-59-62-65-68-74(77)80-71-72(70-79-73(76)67-64-61-58-55-52-49-46-27-24-21-18-15-12-9-6-3)81-75(78)69-66-63-60-57-54-51-48-45-43-40-33-31-29-26-23-20-17-14-11-8-5-2/h7,10,16,19,23,25-26,28,31-34,72H,4-6,8-9,11-15,17-18,20-22,24,27,29-30,35-71H2,1-3H3/b10-7-,19-16-,26-23-,28-25-,33-31-,34-32-. The summed E-state index contributed by atoms with van der Waals surface area (Å²) >= 11 is 0. The fourth-order valence-electron chi connectivity index (χ4n) is 10.4. The van der Waals surface area contributed by atoms with E-state index in [0.717, 1.165) is 89.9 Å². The number of esters is 3. The zero-order chi connectivity index (χ0) is 58.5. The van der Waals surface area contributed by atoms with Crippen LogP contribution >= 0.6 is 0 Å². The maximum absolute atomic E-state index is 13.0. The van der Waals surface area contributed by atoms with Gasteiger partial charge in [0.1, 0.15) is 13.2 Å². The molecule has 0 rings (SSSR count). The van der Waals surface area contributed by atoms with Crippen LogP contribution in [0.3, 0.4) is 0 Å². The fraction of sp³-hybridized carbons (Fsp3) is 0.800. The second-order valence-electron chi connectivity index (χ2n) is 23.8. The molecule has 0 radical (unpaired) electrons. The number of carbonyl (C=O) groups is 3. The van der Waals surface area contributed by atoms with Gasteiger partial charge < -0.3 is 14.2 Å². The van der Waals surface area contributed by atoms with E-state index in [2.05, 4.69) is 93.7 Å². The SMILES string of the molecule is CC/C=C\C/C=C\C/C=C\C/C=C\CCCCCCCCCCCCCCCCC(=O)OCC(COC(=O)CCCCCCCCCCCCCCCCC)OC(=O)CCCCCCCCCCC/C=C\C/C=C\CCCCCCC. The van der Waals surface area contributed by atoms with Crippen LogP contribution in [0.2, 0.25) is 0 Å². The molecule has 0 aliphatic carbocycles. The van der Waals surface area contributed by atoms with Crippen LogP contribution in [0.25, 0.3) is 0 Å². The Morgan fingerprint density at radius 3 is 0.753 bits per heavy atom. The van der Waals surface area contributed by atoms with Crippen LogP contribution < -0.4 is 0 Å². The molecule has 6 nitrogen and oxygen atoms in total. The quantitative estimate of drug-likeness (QED) is 0.0261. The minimum atomic E-state index is -0.777. The van der Waals surface area contributed by atoms with Gasteiger partial charge in [0.05, 0.1) is 0 Å². The van der Waals surface area contributed by atoms with Gasteiger partial charge in [-0.2, -0.15) is 0 Å². The van der Waals surface area contributed by atoms with E-state index in [0.29, 0.717) is 19.3 Å². The number of ether oxygens (including phenoxy) is 3. The zero-order valence-electron chi connectivity index (χ0n) is 54.1. The molecule has 1 unspecified atom stereocenters. The summed E-state index contributed by atoms with van der Waals surface area (Å²) < 4.78 is 17.0. The average Bonchev–Trinajstić information content (AvgIpc) is 3.47. The molecular weight excluding hydrogens is 997 g/mol. The van der Waals surface area contributed by atoms with Crippen molar-refractivity contribution >= 4 is 17.9 Å². The minimum absolute atomic E-state index is 0.0721. The van der Waals surface area contributed by atoms with Crippen LogP contribution in [0.15, 0.2) is 72.9 Å². The van der Waals surface area contributed by atoms with Crippen LogP contribution in [0, 0.1) is 0 Å².